The number of anilines is 1. The fourth-order valence-corrected chi connectivity index (χ4v) is 2.21. The smallest absolute Gasteiger partial charge is 0.364 e. The first-order chi connectivity index (χ1) is 7.34. The van der Waals surface area contributed by atoms with E-state index in [2.05, 4.69) is 0 Å². The van der Waals surface area contributed by atoms with Crippen molar-refractivity contribution in [2.24, 2.45) is 0 Å². The largest absolute Gasteiger partial charge is 0.436 e. The van der Waals surface area contributed by atoms with E-state index in [0.29, 0.717) is 0 Å². The minimum atomic E-state index is -5.02. The lowest BCUT2D eigenvalue weighted by Crippen LogP contribution is -2.53. The third kappa shape index (κ3) is 1.56. The minimum Gasteiger partial charge on any atom is -0.364 e. The average Bonchev–Trinajstić information content (AvgIpc) is 2.18. The molecule has 0 spiro atoms. The molecule has 7 heteroatoms. The molecule has 0 aromatic heterocycles. The molecule has 16 heavy (non-hydrogen) atoms. The molecule has 0 bridgehead atoms. The first-order valence-corrected chi connectivity index (χ1v) is 5.05. The molecule has 1 aliphatic heterocycles. The number of halogens is 3. The molecule has 0 fully saturated rings. The summed E-state index contributed by atoms with van der Waals surface area (Å²) in [6.07, 6.45) is -5.02. The summed E-state index contributed by atoms with van der Waals surface area (Å²) >= 11 is 0.0929. The van der Waals surface area contributed by atoms with Crippen LogP contribution in [0, 0.1) is 0 Å². The van der Waals surface area contributed by atoms with Gasteiger partial charge in [-0.25, -0.2) is 0 Å². The topological polar surface area (TPSA) is 49.3 Å². The van der Waals surface area contributed by atoms with Gasteiger partial charge in [0, 0.05) is 4.90 Å². The molecule has 0 aliphatic carbocycles. The Morgan fingerprint density at radius 1 is 1.31 bits per heavy atom. The molecule has 0 saturated carbocycles. The van der Waals surface area contributed by atoms with Crippen molar-refractivity contribution in [2.45, 2.75) is 16.0 Å². The Labute approximate surface area is 92.6 Å². The predicted octanol–water partition coefficient (Wildman–Crippen LogP) is 1.98. The number of carbonyl (C=O) groups is 1. The average molecular weight is 249 g/mol. The maximum Gasteiger partial charge on any atom is 0.436 e. The predicted molar refractivity (Wildman–Crippen MR) is 51.9 cm³/mol. The van der Waals surface area contributed by atoms with Gasteiger partial charge in [-0.3, -0.25) is 4.79 Å². The molecule has 2 N–H and O–H groups in total. The number of hydrogen-bond acceptors (Lipinski definition) is 3. The highest BCUT2D eigenvalue weighted by Crippen LogP contribution is 2.48. The molecule has 2 rings (SSSR count). The van der Waals surface area contributed by atoms with Crippen molar-refractivity contribution in [3.8, 4) is 0 Å². The number of rotatable bonds is 0. The first kappa shape index (κ1) is 11.3. The van der Waals surface area contributed by atoms with Crippen molar-refractivity contribution in [3.63, 3.8) is 0 Å². The Hall–Kier alpha value is -1.21. The lowest BCUT2D eigenvalue weighted by atomic mass is 10.2. The highest BCUT2D eigenvalue weighted by Gasteiger charge is 2.62. The number of aliphatic hydroxyl groups is 1. The van der Waals surface area contributed by atoms with Crippen LogP contribution < -0.4 is 5.32 Å². The van der Waals surface area contributed by atoms with Crippen molar-refractivity contribution < 1.29 is 23.1 Å². The van der Waals surface area contributed by atoms with E-state index >= 15 is 0 Å². The van der Waals surface area contributed by atoms with Gasteiger partial charge in [0.05, 0.1) is 5.69 Å². The van der Waals surface area contributed by atoms with Gasteiger partial charge in [-0.2, -0.15) is 13.2 Å². The second kappa shape index (κ2) is 3.39. The zero-order valence-corrected chi connectivity index (χ0v) is 8.52. The zero-order chi connectivity index (χ0) is 12.0. The van der Waals surface area contributed by atoms with Crippen molar-refractivity contribution >= 4 is 23.4 Å². The molecule has 0 radical (unpaired) electrons. The molecular weight excluding hydrogens is 243 g/mol. The molecule has 1 aliphatic rings. The maximum absolute atomic E-state index is 12.5. The molecule has 3 nitrogen and oxygen atoms in total. The highest BCUT2D eigenvalue weighted by molar-refractivity contribution is 8.01. The molecule has 1 aromatic carbocycles. The SMILES string of the molecule is O=C1Nc2ccccc2S[C@]1(O)C(F)(F)F. The summed E-state index contributed by atoms with van der Waals surface area (Å²) in [4.78, 5) is 7.99. The first-order valence-electron chi connectivity index (χ1n) is 4.23. The number of hydrogen-bond donors (Lipinski definition) is 2. The van der Waals surface area contributed by atoms with Crippen LogP contribution in [0.3, 0.4) is 0 Å². The van der Waals surface area contributed by atoms with Crippen molar-refractivity contribution in [3.05, 3.63) is 24.3 Å². The summed E-state index contributed by atoms with van der Waals surface area (Å²) in [6.45, 7) is 0. The maximum atomic E-state index is 12.5. The summed E-state index contributed by atoms with van der Waals surface area (Å²) < 4.78 is 37.6. The molecule has 1 heterocycles. The van der Waals surface area contributed by atoms with Crippen LogP contribution in [0.5, 0.6) is 0 Å². The van der Waals surface area contributed by atoms with Gasteiger partial charge in [-0.05, 0) is 12.1 Å². The Morgan fingerprint density at radius 2 is 1.94 bits per heavy atom. The number of fused-ring (bicyclic) bond motifs is 1. The van der Waals surface area contributed by atoms with Crippen LogP contribution in [0.2, 0.25) is 0 Å². The van der Waals surface area contributed by atoms with Gasteiger partial charge in [0.25, 0.3) is 10.8 Å². The molecule has 0 unspecified atom stereocenters. The number of benzene rings is 1. The fraction of sp³-hybridized carbons (Fsp3) is 0.222. The third-order valence-electron chi connectivity index (χ3n) is 2.08. The second-order valence-corrected chi connectivity index (χ2v) is 4.43. The van der Waals surface area contributed by atoms with Gasteiger partial charge in [0.15, 0.2) is 0 Å². The zero-order valence-electron chi connectivity index (χ0n) is 7.71. The molecule has 1 amide bonds. The molecular formula is C9H6F3NO2S. The summed E-state index contributed by atoms with van der Waals surface area (Å²) in [5, 5.41) is 11.4. The van der Waals surface area contributed by atoms with Gasteiger partial charge in [-0.1, -0.05) is 23.9 Å². The van der Waals surface area contributed by atoms with Crippen molar-refractivity contribution in [1.82, 2.24) is 0 Å². The highest BCUT2D eigenvalue weighted by atomic mass is 32.2. The number of nitrogens with one attached hydrogen (secondary N) is 1. The quantitative estimate of drug-likeness (QED) is 0.739. The molecule has 1 aromatic rings. The van der Waals surface area contributed by atoms with Gasteiger partial charge in [-0.15, -0.1) is 0 Å². The van der Waals surface area contributed by atoms with Crippen LogP contribution >= 0.6 is 11.8 Å². The Bertz CT molecular complexity index is 449. The van der Waals surface area contributed by atoms with E-state index in [1.54, 1.807) is 6.07 Å². The van der Waals surface area contributed by atoms with Crippen LogP contribution in [-0.2, 0) is 4.79 Å². The fourth-order valence-electron chi connectivity index (χ4n) is 1.26. The summed E-state index contributed by atoms with van der Waals surface area (Å²) in [5.41, 5.74) is 0.270. The van der Waals surface area contributed by atoms with Crippen LogP contribution in [0.4, 0.5) is 18.9 Å². The van der Waals surface area contributed by atoms with Crippen molar-refractivity contribution in [2.75, 3.05) is 5.32 Å². The number of carbonyl (C=O) groups excluding carboxylic acids is 1. The van der Waals surface area contributed by atoms with E-state index in [4.69, 9.17) is 0 Å². The second-order valence-electron chi connectivity index (χ2n) is 3.19. The standard InChI is InChI=1S/C9H6F3NO2S/c10-9(11,12)8(15)7(14)13-5-3-1-2-4-6(5)16-8/h1-4,15H,(H,13,14)/t8-/m0/s1. The van der Waals surface area contributed by atoms with Gasteiger partial charge >= 0.3 is 6.18 Å². The van der Waals surface area contributed by atoms with Crippen molar-refractivity contribution in [1.29, 1.82) is 0 Å². The van der Waals surface area contributed by atoms with Crippen LogP contribution in [0.25, 0.3) is 0 Å². The van der Waals surface area contributed by atoms with Crippen LogP contribution in [0.1, 0.15) is 0 Å². The monoisotopic (exact) mass is 249 g/mol. The third-order valence-corrected chi connectivity index (χ3v) is 3.37. The number of alkyl halides is 3. The Morgan fingerprint density at radius 3 is 2.56 bits per heavy atom. The minimum absolute atomic E-state index is 0.0929. The van der Waals surface area contributed by atoms with Gasteiger partial charge < -0.3 is 10.4 Å². The lowest BCUT2D eigenvalue weighted by Gasteiger charge is -2.32. The summed E-state index contributed by atoms with van der Waals surface area (Å²) in [7, 11) is 0. The van der Waals surface area contributed by atoms with E-state index < -0.39 is 17.0 Å². The van der Waals surface area contributed by atoms with E-state index in [-0.39, 0.29) is 22.3 Å². The Balaban J connectivity index is 2.46. The van der Waals surface area contributed by atoms with E-state index in [1.165, 1.54) is 18.2 Å². The summed E-state index contributed by atoms with van der Waals surface area (Å²) in [5.74, 6) is -1.47. The van der Waals surface area contributed by atoms with E-state index in [9.17, 15) is 23.1 Å². The van der Waals surface area contributed by atoms with Gasteiger partial charge in [0.1, 0.15) is 0 Å². The number of amides is 1. The normalized spacial score (nSPS) is 24.9. The molecule has 86 valence electrons. The van der Waals surface area contributed by atoms with Gasteiger partial charge in [0.2, 0.25) is 0 Å². The van der Waals surface area contributed by atoms with E-state index in [0.717, 1.165) is 0 Å². The Kier molecular flexibility index (Phi) is 2.39. The molecule has 0 saturated heterocycles. The van der Waals surface area contributed by atoms with Crippen LogP contribution in [-0.4, -0.2) is 22.1 Å². The molecule has 1 atom stereocenters. The number of thioether (sulfide) groups is 1. The lowest BCUT2D eigenvalue weighted by molar-refractivity contribution is -0.215. The van der Waals surface area contributed by atoms with E-state index in [1.807, 2.05) is 5.32 Å². The summed E-state index contributed by atoms with van der Waals surface area (Å²) in [6, 6.07) is 5.98. The van der Waals surface area contributed by atoms with Crippen LogP contribution in [0.15, 0.2) is 29.2 Å². The number of para-hydroxylation sites is 1.